The van der Waals surface area contributed by atoms with Crippen LogP contribution >= 0.6 is 12.4 Å². The number of carbonyl (C=O) groups is 1. The summed E-state index contributed by atoms with van der Waals surface area (Å²) in [6.45, 7) is 6.44. The van der Waals surface area contributed by atoms with Gasteiger partial charge in [0.2, 0.25) is 0 Å². The molecule has 136 valence electrons. The maximum atomic E-state index is 12.8. The molecular weight excluding hydrogens is 350 g/mol. The summed E-state index contributed by atoms with van der Waals surface area (Å²) in [4.78, 5) is 12.8. The predicted octanol–water partition coefficient (Wildman–Crippen LogP) is 1.93. The van der Waals surface area contributed by atoms with Gasteiger partial charge in [0.15, 0.2) is 0 Å². The van der Waals surface area contributed by atoms with Crippen molar-refractivity contribution in [3.63, 3.8) is 0 Å². The summed E-state index contributed by atoms with van der Waals surface area (Å²) in [6.07, 6.45) is 1.38. The minimum atomic E-state index is -3.73. The fraction of sp³-hybridized carbons (Fsp3) is 0.562. The Morgan fingerprint density at radius 2 is 1.83 bits per heavy atom. The topological polar surface area (TPSA) is 83.7 Å². The third-order valence-corrected chi connectivity index (χ3v) is 6.18. The van der Waals surface area contributed by atoms with Gasteiger partial charge in [0.25, 0.3) is 15.9 Å². The summed E-state index contributed by atoms with van der Waals surface area (Å²) in [7, 11) is -3.73. The maximum absolute atomic E-state index is 12.8. The highest BCUT2D eigenvalue weighted by Gasteiger charge is 2.39. The van der Waals surface area contributed by atoms with E-state index in [2.05, 4.69) is 0 Å². The first-order valence-electron chi connectivity index (χ1n) is 7.95. The molecule has 1 unspecified atom stereocenters. The van der Waals surface area contributed by atoms with Crippen molar-refractivity contribution in [1.82, 2.24) is 9.42 Å². The van der Waals surface area contributed by atoms with Crippen LogP contribution < -0.4 is 5.73 Å². The molecule has 0 radical (unpaired) electrons. The number of hydrogen-bond donors (Lipinski definition) is 1. The Balaban J connectivity index is 0.00000288. The maximum Gasteiger partial charge on any atom is 0.260 e. The third kappa shape index (κ3) is 4.08. The van der Waals surface area contributed by atoms with Crippen molar-refractivity contribution in [3.05, 3.63) is 29.8 Å². The van der Waals surface area contributed by atoms with E-state index in [1.165, 1.54) is 9.42 Å². The van der Waals surface area contributed by atoms with E-state index in [0.29, 0.717) is 19.5 Å². The largest absolute Gasteiger partial charge is 0.320 e. The van der Waals surface area contributed by atoms with E-state index < -0.39 is 16.1 Å². The first-order valence-corrected chi connectivity index (χ1v) is 9.39. The smallest absolute Gasteiger partial charge is 0.260 e. The Bertz CT molecular complexity index is 664. The molecule has 0 bridgehead atoms. The molecule has 1 saturated heterocycles. The van der Waals surface area contributed by atoms with Crippen LogP contribution in [-0.4, -0.2) is 42.9 Å². The highest BCUT2D eigenvalue weighted by molar-refractivity contribution is 7.89. The molecule has 2 N–H and O–H groups in total. The third-order valence-electron chi connectivity index (χ3n) is 4.38. The molecule has 0 spiro atoms. The molecule has 1 aliphatic heterocycles. The lowest BCUT2D eigenvalue weighted by Gasteiger charge is -2.30. The summed E-state index contributed by atoms with van der Waals surface area (Å²) in [5, 5.41) is 1.30. The van der Waals surface area contributed by atoms with E-state index in [0.717, 1.165) is 12.0 Å². The van der Waals surface area contributed by atoms with Gasteiger partial charge in [0.05, 0.1) is 10.9 Å². The fourth-order valence-electron chi connectivity index (χ4n) is 2.56. The molecule has 0 aromatic heterocycles. The van der Waals surface area contributed by atoms with E-state index in [9.17, 15) is 13.2 Å². The molecule has 8 heteroatoms. The van der Waals surface area contributed by atoms with Crippen molar-refractivity contribution in [2.75, 3.05) is 13.1 Å². The average molecular weight is 376 g/mol. The second-order valence-electron chi connectivity index (χ2n) is 6.09. The standard InChI is InChI=1S/C16H25N3O3S.ClH/c1-4-13(3)15(17)16(20)18-10-5-11-19(18)23(21,22)14-8-6-12(2)7-9-14;/h6-9,13,15H,4-5,10-11,17H2,1-3H3;1H/t13?,15-;/m0./s1. The van der Waals surface area contributed by atoms with Crippen LogP contribution in [0, 0.1) is 12.8 Å². The van der Waals surface area contributed by atoms with Crippen LogP contribution in [0.1, 0.15) is 32.3 Å². The first-order chi connectivity index (χ1) is 10.8. The Hall–Kier alpha value is -1.15. The van der Waals surface area contributed by atoms with Gasteiger partial charge in [-0.25, -0.2) is 8.42 Å². The predicted molar refractivity (Wildman–Crippen MR) is 96.1 cm³/mol. The molecule has 1 fully saturated rings. The molecule has 0 aliphatic carbocycles. The second kappa shape index (κ2) is 8.29. The summed E-state index contributed by atoms with van der Waals surface area (Å²) in [5.74, 6) is -0.320. The van der Waals surface area contributed by atoms with Crippen LogP contribution in [0.3, 0.4) is 0 Å². The number of sulfonamides is 1. The summed E-state index contributed by atoms with van der Waals surface area (Å²) >= 11 is 0. The van der Waals surface area contributed by atoms with Crippen LogP contribution in [0.15, 0.2) is 29.2 Å². The van der Waals surface area contributed by atoms with Crippen molar-refractivity contribution in [2.45, 2.75) is 44.6 Å². The zero-order valence-electron chi connectivity index (χ0n) is 14.3. The lowest BCUT2D eigenvalue weighted by molar-refractivity contribution is -0.140. The lowest BCUT2D eigenvalue weighted by Crippen LogP contribution is -2.52. The van der Waals surface area contributed by atoms with Crippen LogP contribution in [0.2, 0.25) is 0 Å². The van der Waals surface area contributed by atoms with E-state index in [1.54, 1.807) is 24.3 Å². The molecule has 1 aromatic carbocycles. The number of benzene rings is 1. The minimum Gasteiger partial charge on any atom is -0.320 e. The first kappa shape index (κ1) is 20.9. The molecule has 1 aliphatic rings. The zero-order valence-corrected chi connectivity index (χ0v) is 15.9. The summed E-state index contributed by atoms with van der Waals surface area (Å²) in [6, 6.07) is 5.95. The molecule has 2 rings (SSSR count). The van der Waals surface area contributed by atoms with Gasteiger partial charge in [-0.3, -0.25) is 9.80 Å². The van der Waals surface area contributed by atoms with Gasteiger partial charge in [0.1, 0.15) is 0 Å². The van der Waals surface area contributed by atoms with Crippen molar-refractivity contribution in [1.29, 1.82) is 0 Å². The zero-order chi connectivity index (χ0) is 17.2. The van der Waals surface area contributed by atoms with E-state index >= 15 is 0 Å². The Morgan fingerprint density at radius 3 is 2.38 bits per heavy atom. The number of hydrazine groups is 1. The molecule has 1 heterocycles. The number of halogens is 1. The molecule has 24 heavy (non-hydrogen) atoms. The van der Waals surface area contributed by atoms with Gasteiger partial charge in [-0.05, 0) is 31.4 Å². The number of hydrogen-bond acceptors (Lipinski definition) is 4. The Morgan fingerprint density at radius 1 is 1.25 bits per heavy atom. The van der Waals surface area contributed by atoms with E-state index in [4.69, 9.17) is 5.73 Å². The Kier molecular flexibility index (Phi) is 7.22. The summed E-state index contributed by atoms with van der Waals surface area (Å²) in [5.41, 5.74) is 6.99. The van der Waals surface area contributed by atoms with Crippen LogP contribution in [0.25, 0.3) is 0 Å². The van der Waals surface area contributed by atoms with Gasteiger partial charge < -0.3 is 5.73 Å². The SMILES string of the molecule is CCC(C)[C@H](N)C(=O)N1CCCN1S(=O)(=O)c1ccc(C)cc1.Cl. The van der Waals surface area contributed by atoms with Crippen LogP contribution in [0.4, 0.5) is 0 Å². The van der Waals surface area contributed by atoms with Gasteiger partial charge in [-0.15, -0.1) is 16.8 Å². The van der Waals surface area contributed by atoms with Gasteiger partial charge in [-0.1, -0.05) is 38.0 Å². The monoisotopic (exact) mass is 375 g/mol. The highest BCUT2D eigenvalue weighted by atomic mass is 35.5. The van der Waals surface area contributed by atoms with Gasteiger partial charge in [0, 0.05) is 13.1 Å². The summed E-state index contributed by atoms with van der Waals surface area (Å²) < 4.78 is 26.8. The van der Waals surface area contributed by atoms with E-state index in [-0.39, 0.29) is 29.1 Å². The molecule has 1 amide bonds. The number of aryl methyl sites for hydroxylation is 1. The minimum absolute atomic E-state index is 0. The van der Waals surface area contributed by atoms with Gasteiger partial charge in [-0.2, -0.15) is 0 Å². The van der Waals surface area contributed by atoms with Crippen molar-refractivity contribution in [2.24, 2.45) is 11.7 Å². The number of carbonyl (C=O) groups excluding carboxylic acids is 1. The quantitative estimate of drug-likeness (QED) is 0.852. The number of nitrogens with zero attached hydrogens (tertiary/aromatic N) is 2. The lowest BCUT2D eigenvalue weighted by atomic mass is 9.99. The average Bonchev–Trinajstić information content (AvgIpc) is 3.03. The molecular formula is C16H26ClN3O3S. The van der Waals surface area contributed by atoms with Crippen molar-refractivity contribution >= 4 is 28.3 Å². The number of nitrogens with two attached hydrogens (primary N) is 1. The molecule has 0 saturated carbocycles. The van der Waals surface area contributed by atoms with Crippen molar-refractivity contribution in [3.8, 4) is 0 Å². The number of amides is 1. The van der Waals surface area contributed by atoms with E-state index in [1.807, 2.05) is 20.8 Å². The second-order valence-corrected chi connectivity index (χ2v) is 7.93. The van der Waals surface area contributed by atoms with Crippen molar-refractivity contribution < 1.29 is 13.2 Å². The number of rotatable bonds is 5. The van der Waals surface area contributed by atoms with Crippen LogP contribution in [0.5, 0.6) is 0 Å². The van der Waals surface area contributed by atoms with Gasteiger partial charge >= 0.3 is 0 Å². The highest BCUT2D eigenvalue weighted by Crippen LogP contribution is 2.24. The molecule has 1 aromatic rings. The molecule has 6 nitrogen and oxygen atoms in total. The molecule has 2 atom stereocenters. The fourth-order valence-corrected chi connectivity index (χ4v) is 4.07. The Labute approximate surface area is 150 Å². The normalized spacial score (nSPS) is 18.1. The van der Waals surface area contributed by atoms with Crippen LogP contribution in [-0.2, 0) is 14.8 Å².